The molecule has 1 aliphatic heterocycles. The van der Waals surface area contributed by atoms with Gasteiger partial charge in [-0.05, 0) is 18.2 Å². The van der Waals surface area contributed by atoms with Gasteiger partial charge < -0.3 is 15.2 Å². The van der Waals surface area contributed by atoms with Crippen molar-refractivity contribution in [3.05, 3.63) is 28.6 Å². The molecule has 0 amide bonds. The second-order valence-electron chi connectivity index (χ2n) is 4.25. The van der Waals surface area contributed by atoms with Crippen molar-refractivity contribution in [1.82, 2.24) is 9.97 Å². The number of aromatic amines is 1. The summed E-state index contributed by atoms with van der Waals surface area (Å²) in [6, 6.07) is 5.24. The Kier molecular flexibility index (Phi) is 2.64. The van der Waals surface area contributed by atoms with Gasteiger partial charge in [-0.25, -0.2) is 0 Å². The van der Waals surface area contributed by atoms with Crippen molar-refractivity contribution in [2.75, 3.05) is 18.9 Å². The Morgan fingerprint density at radius 3 is 3.17 bits per heavy atom. The van der Waals surface area contributed by atoms with Crippen molar-refractivity contribution in [2.24, 2.45) is 0 Å². The van der Waals surface area contributed by atoms with E-state index in [0.717, 1.165) is 6.42 Å². The van der Waals surface area contributed by atoms with Crippen LogP contribution in [0.5, 0.6) is 6.01 Å². The Balaban J connectivity index is 1.99. The molecule has 6 heteroatoms. The van der Waals surface area contributed by atoms with E-state index in [4.69, 9.17) is 15.2 Å². The summed E-state index contributed by atoms with van der Waals surface area (Å²) in [5.74, 6) is 0. The molecule has 6 nitrogen and oxygen atoms in total. The average molecular weight is 247 g/mol. The van der Waals surface area contributed by atoms with Crippen molar-refractivity contribution < 1.29 is 9.47 Å². The SMILES string of the molecule is Nc1ccc2nc(OC3CCOC3)[nH]c(=O)c2c1. The normalized spacial score (nSPS) is 19.2. The highest BCUT2D eigenvalue weighted by molar-refractivity contribution is 5.81. The minimum Gasteiger partial charge on any atom is -0.459 e. The number of nitrogens with two attached hydrogens (primary N) is 1. The first-order valence-corrected chi connectivity index (χ1v) is 5.76. The number of fused-ring (bicyclic) bond motifs is 1. The van der Waals surface area contributed by atoms with Crippen molar-refractivity contribution in [1.29, 1.82) is 0 Å². The largest absolute Gasteiger partial charge is 0.459 e. The van der Waals surface area contributed by atoms with Gasteiger partial charge in [0.1, 0.15) is 6.10 Å². The predicted octanol–water partition coefficient (Wildman–Crippen LogP) is 0.673. The molecule has 3 rings (SSSR count). The molecule has 1 unspecified atom stereocenters. The van der Waals surface area contributed by atoms with Crippen LogP contribution >= 0.6 is 0 Å². The number of benzene rings is 1. The highest BCUT2D eigenvalue weighted by Gasteiger charge is 2.18. The summed E-state index contributed by atoms with van der Waals surface area (Å²) in [7, 11) is 0. The summed E-state index contributed by atoms with van der Waals surface area (Å²) in [6.45, 7) is 1.21. The Bertz CT molecular complexity index is 632. The fraction of sp³-hybridized carbons (Fsp3) is 0.333. The van der Waals surface area contributed by atoms with Gasteiger partial charge in [-0.2, -0.15) is 4.98 Å². The van der Waals surface area contributed by atoms with Gasteiger partial charge in [0.25, 0.3) is 11.6 Å². The molecular weight excluding hydrogens is 234 g/mol. The third-order valence-electron chi connectivity index (χ3n) is 2.87. The summed E-state index contributed by atoms with van der Waals surface area (Å²) in [6.07, 6.45) is 0.767. The van der Waals surface area contributed by atoms with Crippen LogP contribution in [0.4, 0.5) is 5.69 Å². The Labute approximate surface area is 103 Å². The summed E-state index contributed by atoms with van der Waals surface area (Å²) >= 11 is 0. The topological polar surface area (TPSA) is 90.2 Å². The van der Waals surface area contributed by atoms with Crippen LogP contribution < -0.4 is 16.0 Å². The van der Waals surface area contributed by atoms with Gasteiger partial charge in [-0.1, -0.05) is 0 Å². The van der Waals surface area contributed by atoms with Gasteiger partial charge in [0.05, 0.1) is 24.1 Å². The summed E-state index contributed by atoms with van der Waals surface area (Å²) in [5.41, 5.74) is 6.49. The van der Waals surface area contributed by atoms with Gasteiger partial charge in [0, 0.05) is 12.1 Å². The van der Waals surface area contributed by atoms with Crippen LogP contribution in [0.2, 0.25) is 0 Å². The number of hydrogen-bond acceptors (Lipinski definition) is 5. The van der Waals surface area contributed by atoms with Crippen molar-refractivity contribution in [3.63, 3.8) is 0 Å². The second-order valence-corrected chi connectivity index (χ2v) is 4.25. The summed E-state index contributed by atoms with van der Waals surface area (Å²) in [4.78, 5) is 18.7. The molecule has 0 spiro atoms. The van der Waals surface area contributed by atoms with E-state index in [1.54, 1.807) is 18.2 Å². The predicted molar refractivity (Wildman–Crippen MR) is 66.6 cm³/mol. The highest BCUT2D eigenvalue weighted by atomic mass is 16.6. The van der Waals surface area contributed by atoms with E-state index in [1.165, 1.54) is 0 Å². The number of nitrogens with zero attached hydrogens (tertiary/aromatic N) is 1. The Morgan fingerprint density at radius 1 is 1.50 bits per heavy atom. The first-order valence-electron chi connectivity index (χ1n) is 5.76. The molecule has 0 saturated carbocycles. The number of hydrogen-bond donors (Lipinski definition) is 2. The molecule has 1 aromatic heterocycles. The highest BCUT2D eigenvalue weighted by Crippen LogP contribution is 2.16. The van der Waals surface area contributed by atoms with Crippen LogP contribution in [0.25, 0.3) is 10.9 Å². The molecule has 1 aromatic carbocycles. The molecule has 18 heavy (non-hydrogen) atoms. The van der Waals surface area contributed by atoms with Crippen LogP contribution in [0, 0.1) is 0 Å². The average Bonchev–Trinajstić information content (AvgIpc) is 2.83. The van der Waals surface area contributed by atoms with E-state index in [1.807, 2.05) is 0 Å². The number of nitrogens with one attached hydrogen (secondary N) is 1. The third-order valence-corrected chi connectivity index (χ3v) is 2.87. The number of rotatable bonds is 2. The molecule has 94 valence electrons. The van der Waals surface area contributed by atoms with E-state index < -0.39 is 0 Å². The van der Waals surface area contributed by atoms with Gasteiger partial charge in [-0.3, -0.25) is 9.78 Å². The van der Waals surface area contributed by atoms with E-state index in [-0.39, 0.29) is 17.7 Å². The number of H-pyrrole nitrogens is 1. The van der Waals surface area contributed by atoms with Crippen molar-refractivity contribution in [2.45, 2.75) is 12.5 Å². The monoisotopic (exact) mass is 247 g/mol. The van der Waals surface area contributed by atoms with Gasteiger partial charge in [0.2, 0.25) is 0 Å². The van der Waals surface area contributed by atoms with Crippen LogP contribution in [-0.4, -0.2) is 29.3 Å². The van der Waals surface area contributed by atoms with Gasteiger partial charge >= 0.3 is 0 Å². The quantitative estimate of drug-likeness (QED) is 0.761. The molecule has 1 saturated heterocycles. The molecule has 0 bridgehead atoms. The van der Waals surface area contributed by atoms with Gasteiger partial charge in [-0.15, -0.1) is 0 Å². The van der Waals surface area contributed by atoms with Crippen LogP contribution in [0.15, 0.2) is 23.0 Å². The molecule has 2 heterocycles. The lowest BCUT2D eigenvalue weighted by Crippen LogP contribution is -2.20. The zero-order valence-corrected chi connectivity index (χ0v) is 9.68. The maximum Gasteiger partial charge on any atom is 0.297 e. The number of ether oxygens (including phenoxy) is 2. The first kappa shape index (κ1) is 11.0. The van der Waals surface area contributed by atoms with Crippen molar-refractivity contribution >= 4 is 16.6 Å². The molecule has 3 N–H and O–H groups in total. The molecular formula is C12H13N3O3. The molecule has 2 aromatic rings. The standard InChI is InChI=1S/C12H13N3O3/c13-7-1-2-10-9(5-7)11(16)15-12(14-10)18-8-3-4-17-6-8/h1-2,5,8H,3-4,6,13H2,(H,14,15,16). The number of aromatic nitrogens is 2. The summed E-state index contributed by atoms with van der Waals surface area (Å²) in [5, 5.41) is 0.463. The lowest BCUT2D eigenvalue weighted by Gasteiger charge is -2.10. The maximum absolute atomic E-state index is 11.9. The number of anilines is 1. The molecule has 1 atom stereocenters. The summed E-state index contributed by atoms with van der Waals surface area (Å²) < 4.78 is 10.8. The van der Waals surface area contributed by atoms with E-state index in [2.05, 4.69) is 9.97 Å². The smallest absolute Gasteiger partial charge is 0.297 e. The molecule has 0 aliphatic carbocycles. The van der Waals surface area contributed by atoms with Crippen LogP contribution in [-0.2, 0) is 4.74 Å². The fourth-order valence-electron chi connectivity index (χ4n) is 1.95. The number of nitrogen functional groups attached to an aromatic ring is 1. The zero-order chi connectivity index (χ0) is 12.5. The molecule has 0 radical (unpaired) electrons. The van der Waals surface area contributed by atoms with Gasteiger partial charge in [0.15, 0.2) is 0 Å². The lowest BCUT2D eigenvalue weighted by molar-refractivity contribution is 0.134. The Hall–Kier alpha value is -2.08. The molecule has 1 fully saturated rings. The molecule has 1 aliphatic rings. The minimum absolute atomic E-state index is 0.0422. The Morgan fingerprint density at radius 2 is 2.39 bits per heavy atom. The first-order chi connectivity index (χ1) is 8.72. The van der Waals surface area contributed by atoms with E-state index in [0.29, 0.717) is 29.8 Å². The third kappa shape index (κ3) is 2.02. The van der Waals surface area contributed by atoms with Crippen molar-refractivity contribution in [3.8, 4) is 6.01 Å². The maximum atomic E-state index is 11.9. The lowest BCUT2D eigenvalue weighted by atomic mass is 10.2. The second kappa shape index (κ2) is 4.30. The minimum atomic E-state index is -0.249. The van der Waals surface area contributed by atoms with E-state index in [9.17, 15) is 4.79 Å². The fourth-order valence-corrected chi connectivity index (χ4v) is 1.95. The van der Waals surface area contributed by atoms with E-state index >= 15 is 0 Å². The van der Waals surface area contributed by atoms with Crippen LogP contribution in [0.3, 0.4) is 0 Å². The zero-order valence-electron chi connectivity index (χ0n) is 9.68. The van der Waals surface area contributed by atoms with Crippen LogP contribution in [0.1, 0.15) is 6.42 Å².